The summed E-state index contributed by atoms with van der Waals surface area (Å²) in [7, 11) is 3.93. The number of aromatic nitrogens is 2. The van der Waals surface area contributed by atoms with Crippen LogP contribution in [0.25, 0.3) is 0 Å². The van der Waals surface area contributed by atoms with E-state index in [-0.39, 0.29) is 0 Å². The first-order valence-corrected chi connectivity index (χ1v) is 8.55. The van der Waals surface area contributed by atoms with E-state index in [0.717, 1.165) is 28.6 Å². The molecule has 0 spiro atoms. The van der Waals surface area contributed by atoms with Crippen LogP contribution in [0.15, 0.2) is 29.2 Å². The zero-order chi connectivity index (χ0) is 15.0. The van der Waals surface area contributed by atoms with E-state index in [9.17, 15) is 0 Å². The van der Waals surface area contributed by atoms with Gasteiger partial charge in [0.25, 0.3) is 0 Å². The van der Waals surface area contributed by atoms with Gasteiger partial charge in [0.1, 0.15) is 5.15 Å². The van der Waals surface area contributed by atoms with Gasteiger partial charge in [0.05, 0.1) is 5.69 Å². The second-order valence-corrected chi connectivity index (χ2v) is 6.95. The monoisotopic (exact) mass is 321 g/mol. The van der Waals surface area contributed by atoms with Crippen molar-refractivity contribution >= 4 is 23.4 Å². The van der Waals surface area contributed by atoms with Crippen molar-refractivity contribution < 1.29 is 0 Å². The molecular formula is C16H20ClN3S. The zero-order valence-electron chi connectivity index (χ0n) is 12.6. The van der Waals surface area contributed by atoms with Gasteiger partial charge in [-0.05, 0) is 32.0 Å². The molecule has 5 heteroatoms. The van der Waals surface area contributed by atoms with Gasteiger partial charge in [-0.1, -0.05) is 29.8 Å². The van der Waals surface area contributed by atoms with Crippen LogP contribution in [0, 0.1) is 6.92 Å². The smallest absolute Gasteiger partial charge is 0.130 e. The highest BCUT2D eigenvalue weighted by atomic mass is 35.5. The Bertz CT molecular complexity index is 653. The van der Waals surface area contributed by atoms with E-state index in [1.807, 2.05) is 32.8 Å². The number of thioether (sulfide) groups is 1. The van der Waals surface area contributed by atoms with Crippen molar-refractivity contribution in [1.82, 2.24) is 15.1 Å². The molecule has 1 aromatic heterocycles. The summed E-state index contributed by atoms with van der Waals surface area (Å²) < 4.78 is 1.76. The number of nitrogens with one attached hydrogen (secondary N) is 1. The van der Waals surface area contributed by atoms with E-state index in [1.165, 1.54) is 10.5 Å². The lowest BCUT2D eigenvalue weighted by atomic mass is 9.89. The molecule has 1 N–H and O–H groups in total. The van der Waals surface area contributed by atoms with Gasteiger partial charge in [-0.2, -0.15) is 5.10 Å². The summed E-state index contributed by atoms with van der Waals surface area (Å²) in [6.07, 6.45) is 0.911. The summed E-state index contributed by atoms with van der Waals surface area (Å²) in [6, 6.07) is 9.09. The number of fused-ring (bicyclic) bond motifs is 1. The van der Waals surface area contributed by atoms with Gasteiger partial charge in [-0.3, -0.25) is 4.68 Å². The lowest BCUT2D eigenvalue weighted by Crippen LogP contribution is -2.34. The normalized spacial score (nSPS) is 18.8. The van der Waals surface area contributed by atoms with Gasteiger partial charge in [0.2, 0.25) is 0 Å². The molecule has 0 amide bonds. The summed E-state index contributed by atoms with van der Waals surface area (Å²) in [6.45, 7) is 2.03. The maximum absolute atomic E-state index is 6.39. The number of rotatable bonds is 4. The van der Waals surface area contributed by atoms with Crippen molar-refractivity contribution in [2.24, 2.45) is 7.05 Å². The third-order valence-corrected chi connectivity index (χ3v) is 5.97. The molecule has 21 heavy (non-hydrogen) atoms. The van der Waals surface area contributed by atoms with Crippen LogP contribution in [0.3, 0.4) is 0 Å². The Morgan fingerprint density at radius 2 is 2.24 bits per heavy atom. The Balaban J connectivity index is 1.87. The molecule has 2 atom stereocenters. The van der Waals surface area contributed by atoms with E-state index < -0.39 is 0 Å². The molecular weight excluding hydrogens is 302 g/mol. The maximum atomic E-state index is 6.39. The van der Waals surface area contributed by atoms with Crippen LogP contribution in [0.4, 0.5) is 0 Å². The first-order chi connectivity index (χ1) is 10.1. The van der Waals surface area contributed by atoms with Crippen LogP contribution in [-0.2, 0) is 13.5 Å². The van der Waals surface area contributed by atoms with E-state index in [0.29, 0.717) is 12.0 Å². The second-order valence-electron chi connectivity index (χ2n) is 5.53. The number of hydrogen-bond acceptors (Lipinski definition) is 3. The molecule has 112 valence electrons. The van der Waals surface area contributed by atoms with Gasteiger partial charge in [0, 0.05) is 35.2 Å². The average molecular weight is 322 g/mol. The Kier molecular flexibility index (Phi) is 4.29. The quantitative estimate of drug-likeness (QED) is 0.936. The Hall–Kier alpha value is -0.970. The number of hydrogen-bond donors (Lipinski definition) is 1. The molecule has 1 aliphatic rings. The summed E-state index contributed by atoms with van der Waals surface area (Å²) in [5.74, 6) is 1.65. The fourth-order valence-electron chi connectivity index (χ4n) is 3.09. The molecule has 0 bridgehead atoms. The highest BCUT2D eigenvalue weighted by Crippen LogP contribution is 2.42. The van der Waals surface area contributed by atoms with Crippen LogP contribution < -0.4 is 5.32 Å². The maximum Gasteiger partial charge on any atom is 0.130 e. The molecule has 3 nitrogen and oxygen atoms in total. The molecule has 1 aromatic carbocycles. The molecule has 2 aromatic rings. The zero-order valence-corrected chi connectivity index (χ0v) is 14.1. The largest absolute Gasteiger partial charge is 0.316 e. The highest BCUT2D eigenvalue weighted by molar-refractivity contribution is 7.99. The lowest BCUT2D eigenvalue weighted by Gasteiger charge is -2.23. The third-order valence-electron chi connectivity index (χ3n) is 4.29. The van der Waals surface area contributed by atoms with E-state index in [1.54, 1.807) is 4.68 Å². The van der Waals surface area contributed by atoms with Crippen LogP contribution in [0.1, 0.15) is 22.7 Å². The van der Waals surface area contributed by atoms with E-state index in [4.69, 9.17) is 11.6 Å². The van der Waals surface area contributed by atoms with E-state index >= 15 is 0 Å². The molecule has 0 saturated heterocycles. The molecule has 3 rings (SSSR count). The summed E-state index contributed by atoms with van der Waals surface area (Å²) in [4.78, 5) is 1.41. The highest BCUT2D eigenvalue weighted by Gasteiger charge is 2.30. The van der Waals surface area contributed by atoms with Crippen molar-refractivity contribution in [3.8, 4) is 0 Å². The standard InChI is InChI=1S/C16H20ClN3S/c1-10-12(16(17)20(3)19-10)8-14(18-2)13-9-21-15-7-5-4-6-11(13)15/h4-7,13-14,18H,8-9H2,1-3H3. The minimum Gasteiger partial charge on any atom is -0.316 e. The molecule has 0 saturated carbocycles. The lowest BCUT2D eigenvalue weighted by molar-refractivity contribution is 0.488. The van der Waals surface area contributed by atoms with Gasteiger partial charge in [-0.25, -0.2) is 0 Å². The predicted octanol–water partition coefficient (Wildman–Crippen LogP) is 3.40. The van der Waals surface area contributed by atoms with Crippen LogP contribution in [0.5, 0.6) is 0 Å². The molecule has 0 radical (unpaired) electrons. The summed E-state index contributed by atoms with van der Waals surface area (Å²) in [5, 5.41) is 8.66. The van der Waals surface area contributed by atoms with E-state index in [2.05, 4.69) is 34.7 Å². The number of nitrogens with zero attached hydrogens (tertiary/aromatic N) is 2. The van der Waals surface area contributed by atoms with Crippen molar-refractivity contribution in [2.45, 2.75) is 30.2 Å². The SMILES string of the molecule is CNC(Cc1c(C)nn(C)c1Cl)C1CSc2ccccc21. The third kappa shape index (κ3) is 2.72. The Morgan fingerprint density at radius 3 is 2.90 bits per heavy atom. The van der Waals surface area contributed by atoms with Crippen molar-refractivity contribution in [3.63, 3.8) is 0 Å². The van der Waals surface area contributed by atoms with Gasteiger partial charge >= 0.3 is 0 Å². The molecule has 0 fully saturated rings. The van der Waals surface area contributed by atoms with Crippen LogP contribution in [0.2, 0.25) is 5.15 Å². The Morgan fingerprint density at radius 1 is 1.48 bits per heavy atom. The second kappa shape index (κ2) is 6.03. The predicted molar refractivity (Wildman–Crippen MR) is 89.4 cm³/mol. The van der Waals surface area contributed by atoms with Gasteiger partial charge < -0.3 is 5.32 Å². The first kappa shape index (κ1) is 14.9. The minimum absolute atomic E-state index is 0.376. The minimum atomic E-state index is 0.376. The summed E-state index contributed by atoms with van der Waals surface area (Å²) in [5.41, 5.74) is 3.65. The number of likely N-dealkylation sites (N-methyl/N-ethyl adjacent to an activating group) is 1. The molecule has 1 aliphatic heterocycles. The van der Waals surface area contributed by atoms with Gasteiger partial charge in [-0.15, -0.1) is 11.8 Å². The van der Waals surface area contributed by atoms with Crippen LogP contribution in [-0.4, -0.2) is 28.6 Å². The van der Waals surface area contributed by atoms with Crippen LogP contribution >= 0.6 is 23.4 Å². The first-order valence-electron chi connectivity index (χ1n) is 7.18. The molecule has 2 heterocycles. The molecule has 2 unspecified atom stereocenters. The fraction of sp³-hybridized carbons (Fsp3) is 0.438. The fourth-order valence-corrected chi connectivity index (χ4v) is 4.68. The Labute approximate surface area is 135 Å². The average Bonchev–Trinajstić information content (AvgIpc) is 3.00. The number of halogens is 1. The number of benzene rings is 1. The molecule has 0 aliphatic carbocycles. The van der Waals surface area contributed by atoms with Crippen molar-refractivity contribution in [1.29, 1.82) is 0 Å². The van der Waals surface area contributed by atoms with Crippen molar-refractivity contribution in [3.05, 3.63) is 46.2 Å². The summed E-state index contributed by atoms with van der Waals surface area (Å²) >= 11 is 8.34. The van der Waals surface area contributed by atoms with Crippen molar-refractivity contribution in [2.75, 3.05) is 12.8 Å². The topological polar surface area (TPSA) is 29.9 Å². The number of aryl methyl sites for hydroxylation is 2. The van der Waals surface area contributed by atoms with Gasteiger partial charge in [0.15, 0.2) is 0 Å².